The van der Waals surface area contributed by atoms with Gasteiger partial charge in [0.1, 0.15) is 6.10 Å². The number of unbranched alkanes of at least 4 members (excludes halogenated alkanes) is 36. The minimum absolute atomic E-state index is 0.0866. The molecule has 0 spiro atoms. The highest BCUT2D eigenvalue weighted by atomic mass is 16.5. The van der Waals surface area contributed by atoms with Crippen molar-refractivity contribution in [3.8, 4) is 0 Å². The van der Waals surface area contributed by atoms with Crippen LogP contribution in [0.4, 0.5) is 0 Å². The number of nitrogens with one attached hydrogen (secondary N) is 1. The van der Waals surface area contributed by atoms with E-state index in [9.17, 15) is 19.8 Å². The Morgan fingerprint density at radius 3 is 1.05 bits per heavy atom. The van der Waals surface area contributed by atoms with E-state index in [0.29, 0.717) is 19.3 Å². The molecular formula is C52H103NO5. The third kappa shape index (κ3) is 41.6. The summed E-state index contributed by atoms with van der Waals surface area (Å²) in [6.45, 7) is 6.49. The van der Waals surface area contributed by atoms with Gasteiger partial charge in [-0.25, -0.2) is 0 Å². The Labute approximate surface area is 362 Å². The average Bonchev–Trinajstić information content (AvgIpc) is 3.22. The molecule has 0 aromatic rings. The van der Waals surface area contributed by atoms with Crippen molar-refractivity contribution in [3.05, 3.63) is 0 Å². The van der Waals surface area contributed by atoms with Gasteiger partial charge in [-0.15, -0.1) is 0 Å². The van der Waals surface area contributed by atoms with E-state index in [-0.39, 0.29) is 24.9 Å². The number of carbonyl (C=O) groups is 2. The molecule has 6 nitrogen and oxygen atoms in total. The van der Waals surface area contributed by atoms with Crippen LogP contribution in [0.1, 0.15) is 297 Å². The number of aliphatic hydroxyl groups is 2. The summed E-state index contributed by atoms with van der Waals surface area (Å²) in [6.07, 6.45) is 50.3. The highest BCUT2D eigenvalue weighted by Gasteiger charge is 2.24. The monoisotopic (exact) mass is 822 g/mol. The first-order chi connectivity index (χ1) is 28.5. The number of amides is 1. The highest BCUT2D eigenvalue weighted by Crippen LogP contribution is 2.19. The molecule has 0 bridgehead atoms. The fraction of sp³-hybridized carbons (Fsp3) is 0.962. The first-order valence-electron chi connectivity index (χ1n) is 26.3. The van der Waals surface area contributed by atoms with E-state index in [2.05, 4.69) is 26.1 Å². The standard InChI is InChI=1S/C52H103NO5/c1-4-7-10-13-16-19-21-23-24-25-26-27-29-31-33-36-39-42-45-52(57)58-48(43-40-37-34-18-15-12-9-6-3)46-51(56)53-49(47-54)50(55)44-41-38-35-32-30-28-22-20-17-14-11-8-5-2/h48-50,54-55H,4-47H2,1-3H3,(H,53,56). The Balaban J connectivity index is 4.33. The Morgan fingerprint density at radius 1 is 0.431 bits per heavy atom. The third-order valence-electron chi connectivity index (χ3n) is 12.4. The second-order valence-electron chi connectivity index (χ2n) is 18.3. The smallest absolute Gasteiger partial charge is 0.306 e. The quantitative estimate of drug-likeness (QED) is 0.0420. The molecule has 3 N–H and O–H groups in total. The molecule has 0 aliphatic heterocycles. The van der Waals surface area contributed by atoms with Gasteiger partial charge in [-0.05, 0) is 25.7 Å². The molecular weight excluding hydrogens is 719 g/mol. The number of carbonyl (C=O) groups excluding carboxylic acids is 2. The van der Waals surface area contributed by atoms with E-state index in [0.717, 1.165) is 38.5 Å². The van der Waals surface area contributed by atoms with Crippen molar-refractivity contribution in [2.24, 2.45) is 0 Å². The number of ether oxygens (including phenoxy) is 1. The molecule has 0 saturated heterocycles. The van der Waals surface area contributed by atoms with Crippen molar-refractivity contribution in [1.29, 1.82) is 0 Å². The lowest BCUT2D eigenvalue weighted by molar-refractivity contribution is -0.151. The number of rotatable bonds is 48. The van der Waals surface area contributed by atoms with Crippen LogP contribution in [0, 0.1) is 0 Å². The summed E-state index contributed by atoms with van der Waals surface area (Å²) in [5, 5.41) is 23.7. The summed E-state index contributed by atoms with van der Waals surface area (Å²) >= 11 is 0. The van der Waals surface area contributed by atoms with Crippen LogP contribution in [-0.4, -0.2) is 46.9 Å². The second kappa shape index (κ2) is 46.9. The molecule has 0 aliphatic carbocycles. The van der Waals surface area contributed by atoms with Gasteiger partial charge in [-0.2, -0.15) is 0 Å². The van der Waals surface area contributed by atoms with Crippen molar-refractivity contribution < 1.29 is 24.5 Å². The molecule has 1 amide bonds. The Bertz CT molecular complexity index is 837. The van der Waals surface area contributed by atoms with Gasteiger partial charge in [0.25, 0.3) is 0 Å². The van der Waals surface area contributed by atoms with Crippen LogP contribution in [0.25, 0.3) is 0 Å². The number of aliphatic hydroxyl groups excluding tert-OH is 2. The Morgan fingerprint density at radius 2 is 0.724 bits per heavy atom. The van der Waals surface area contributed by atoms with Crippen molar-refractivity contribution in [1.82, 2.24) is 5.32 Å². The van der Waals surface area contributed by atoms with Gasteiger partial charge in [0.05, 0.1) is 25.2 Å². The van der Waals surface area contributed by atoms with Gasteiger partial charge < -0.3 is 20.3 Å². The maximum absolute atomic E-state index is 13.1. The number of hydrogen-bond donors (Lipinski definition) is 3. The number of esters is 1. The summed E-state index contributed by atoms with van der Waals surface area (Å²) in [6, 6.07) is -0.691. The zero-order valence-electron chi connectivity index (χ0n) is 39.5. The molecule has 0 heterocycles. The van der Waals surface area contributed by atoms with Crippen molar-refractivity contribution in [3.63, 3.8) is 0 Å². The summed E-state index contributed by atoms with van der Waals surface area (Å²) in [5.74, 6) is -0.455. The highest BCUT2D eigenvalue weighted by molar-refractivity contribution is 5.77. The van der Waals surface area contributed by atoms with E-state index >= 15 is 0 Å². The molecule has 0 fully saturated rings. The largest absolute Gasteiger partial charge is 0.462 e. The predicted octanol–water partition coefficient (Wildman–Crippen LogP) is 15.6. The topological polar surface area (TPSA) is 95.9 Å². The van der Waals surface area contributed by atoms with Crippen molar-refractivity contribution >= 4 is 11.9 Å². The van der Waals surface area contributed by atoms with E-state index < -0.39 is 18.2 Å². The molecule has 0 radical (unpaired) electrons. The summed E-state index contributed by atoms with van der Waals surface area (Å²) < 4.78 is 5.92. The van der Waals surface area contributed by atoms with E-state index in [1.807, 2.05) is 0 Å². The second-order valence-corrected chi connectivity index (χ2v) is 18.3. The Hall–Kier alpha value is -1.14. The summed E-state index contributed by atoms with van der Waals surface area (Å²) in [7, 11) is 0. The fourth-order valence-electron chi connectivity index (χ4n) is 8.43. The van der Waals surface area contributed by atoms with Gasteiger partial charge in [0.15, 0.2) is 0 Å². The normalized spacial score (nSPS) is 13.1. The molecule has 0 rings (SSSR count). The molecule has 3 unspecified atom stereocenters. The lowest BCUT2D eigenvalue weighted by Crippen LogP contribution is -2.46. The minimum Gasteiger partial charge on any atom is -0.462 e. The average molecular weight is 822 g/mol. The van der Waals surface area contributed by atoms with Crippen LogP contribution >= 0.6 is 0 Å². The van der Waals surface area contributed by atoms with E-state index in [4.69, 9.17) is 4.74 Å². The van der Waals surface area contributed by atoms with Gasteiger partial charge >= 0.3 is 5.97 Å². The maximum Gasteiger partial charge on any atom is 0.306 e. The molecule has 0 aliphatic rings. The van der Waals surface area contributed by atoms with Gasteiger partial charge in [0.2, 0.25) is 5.91 Å². The van der Waals surface area contributed by atoms with Crippen LogP contribution in [0.15, 0.2) is 0 Å². The van der Waals surface area contributed by atoms with E-state index in [1.165, 1.54) is 212 Å². The minimum atomic E-state index is -0.778. The molecule has 58 heavy (non-hydrogen) atoms. The molecule has 0 aromatic carbocycles. The van der Waals surface area contributed by atoms with Gasteiger partial charge in [0, 0.05) is 6.42 Å². The lowest BCUT2D eigenvalue weighted by atomic mass is 10.0. The predicted molar refractivity (Wildman–Crippen MR) is 250 cm³/mol. The van der Waals surface area contributed by atoms with Crippen LogP contribution in [0.3, 0.4) is 0 Å². The SMILES string of the molecule is CCCCCCCCCCCCCCCCCCCCC(=O)OC(CCCCCCCCCC)CC(=O)NC(CO)C(O)CCCCCCCCCCCCCCC. The van der Waals surface area contributed by atoms with Crippen LogP contribution in [0.2, 0.25) is 0 Å². The zero-order chi connectivity index (χ0) is 42.4. The molecule has 3 atom stereocenters. The zero-order valence-corrected chi connectivity index (χ0v) is 39.5. The van der Waals surface area contributed by atoms with E-state index in [1.54, 1.807) is 0 Å². The third-order valence-corrected chi connectivity index (χ3v) is 12.4. The molecule has 346 valence electrons. The number of hydrogen-bond acceptors (Lipinski definition) is 5. The van der Waals surface area contributed by atoms with Crippen LogP contribution in [-0.2, 0) is 14.3 Å². The molecule has 6 heteroatoms. The Kier molecular flexibility index (Phi) is 46.0. The lowest BCUT2D eigenvalue weighted by Gasteiger charge is -2.24. The van der Waals surface area contributed by atoms with Gasteiger partial charge in [-0.3, -0.25) is 9.59 Å². The van der Waals surface area contributed by atoms with Crippen molar-refractivity contribution in [2.75, 3.05) is 6.61 Å². The van der Waals surface area contributed by atoms with Crippen molar-refractivity contribution in [2.45, 2.75) is 315 Å². The fourth-order valence-corrected chi connectivity index (χ4v) is 8.43. The maximum atomic E-state index is 13.1. The van der Waals surface area contributed by atoms with Crippen LogP contribution < -0.4 is 5.32 Å². The first-order valence-corrected chi connectivity index (χ1v) is 26.3. The molecule has 0 saturated carbocycles. The molecule has 0 aromatic heterocycles. The first kappa shape index (κ1) is 56.9. The van der Waals surface area contributed by atoms with Crippen LogP contribution in [0.5, 0.6) is 0 Å². The summed E-state index contributed by atoms with van der Waals surface area (Å²) in [4.78, 5) is 26.0. The van der Waals surface area contributed by atoms with Gasteiger partial charge in [-0.1, -0.05) is 258 Å². The summed E-state index contributed by atoms with van der Waals surface area (Å²) in [5.41, 5.74) is 0.